The molecular weight excluding hydrogens is 440 g/mol. The highest BCUT2D eigenvalue weighted by atomic mass is 16.5. The van der Waals surface area contributed by atoms with Gasteiger partial charge in [-0.15, -0.1) is 0 Å². The van der Waals surface area contributed by atoms with Crippen molar-refractivity contribution in [3.63, 3.8) is 0 Å². The number of aromatic nitrogens is 4. The van der Waals surface area contributed by atoms with Gasteiger partial charge in [0.1, 0.15) is 16.9 Å². The third-order valence-electron chi connectivity index (χ3n) is 6.45. The molecule has 0 saturated carbocycles. The van der Waals surface area contributed by atoms with Crippen LogP contribution in [0.5, 0.6) is 0 Å². The Bertz CT molecular complexity index is 1460. The lowest BCUT2D eigenvalue weighted by Gasteiger charge is -2.26. The predicted octanol–water partition coefficient (Wildman–Crippen LogP) is 4.99. The second-order valence-electron chi connectivity index (χ2n) is 8.66. The zero-order valence-electron chi connectivity index (χ0n) is 20.3. The van der Waals surface area contributed by atoms with Crippen molar-refractivity contribution >= 4 is 0 Å². The van der Waals surface area contributed by atoms with Crippen LogP contribution in [-0.2, 0) is 5.54 Å². The summed E-state index contributed by atoms with van der Waals surface area (Å²) >= 11 is 0. The number of rotatable bonds is 7. The van der Waals surface area contributed by atoms with E-state index in [1.165, 1.54) is 10.6 Å². The summed E-state index contributed by atoms with van der Waals surface area (Å²) in [6, 6.07) is 15.1. The van der Waals surface area contributed by atoms with Gasteiger partial charge >= 0.3 is 0 Å². The van der Waals surface area contributed by atoms with Crippen LogP contribution in [0.1, 0.15) is 50.9 Å². The van der Waals surface area contributed by atoms with Crippen LogP contribution < -0.4 is 11.3 Å². The Morgan fingerprint density at radius 1 is 1.14 bits per heavy atom. The fraction of sp³-hybridized carbons (Fsp3) is 0.296. The summed E-state index contributed by atoms with van der Waals surface area (Å²) in [6.07, 6.45) is 4.36. The van der Waals surface area contributed by atoms with Crippen molar-refractivity contribution in [1.82, 2.24) is 19.7 Å². The normalized spacial score (nSPS) is 12.3. The smallest absolute Gasteiger partial charge is 0.251 e. The summed E-state index contributed by atoms with van der Waals surface area (Å²) in [5, 5.41) is 14.1. The molecule has 0 bridgehead atoms. The molecule has 178 valence electrons. The first-order chi connectivity index (χ1) is 16.8. The van der Waals surface area contributed by atoms with Crippen LogP contribution in [0.25, 0.3) is 34.0 Å². The van der Waals surface area contributed by atoms with Gasteiger partial charge in [-0.1, -0.05) is 37.2 Å². The standard InChI is InChI=1S/C27H28N6O2/c1-5-27(6-2,16-28)33-15-21(10-11-25(33)34)23-14-30-18(4)26(31-23)24-13-22(32-35-24)20-9-7-8-19(12-20)17(3)29/h7-15,17H,5-6,29H2,1-4H3/t17-/m1/s1. The van der Waals surface area contributed by atoms with E-state index in [2.05, 4.69) is 16.2 Å². The molecule has 0 aliphatic rings. The van der Waals surface area contributed by atoms with Gasteiger partial charge in [0.2, 0.25) is 0 Å². The van der Waals surface area contributed by atoms with Crippen molar-refractivity contribution in [2.45, 2.75) is 52.1 Å². The Morgan fingerprint density at radius 3 is 2.60 bits per heavy atom. The molecule has 8 heteroatoms. The fourth-order valence-electron chi connectivity index (χ4n) is 4.10. The number of aryl methyl sites for hydroxylation is 1. The third-order valence-corrected chi connectivity index (χ3v) is 6.45. The highest BCUT2D eigenvalue weighted by Crippen LogP contribution is 2.30. The van der Waals surface area contributed by atoms with Crippen LogP contribution >= 0.6 is 0 Å². The first kappa shape index (κ1) is 24.0. The average molecular weight is 469 g/mol. The fourth-order valence-corrected chi connectivity index (χ4v) is 4.10. The van der Waals surface area contributed by atoms with Gasteiger partial charge < -0.3 is 10.3 Å². The molecule has 8 nitrogen and oxygen atoms in total. The van der Waals surface area contributed by atoms with E-state index < -0.39 is 5.54 Å². The van der Waals surface area contributed by atoms with E-state index in [1.807, 2.05) is 58.0 Å². The average Bonchev–Trinajstić information content (AvgIpc) is 3.37. The third kappa shape index (κ3) is 4.51. The van der Waals surface area contributed by atoms with Gasteiger partial charge in [0.15, 0.2) is 5.76 Å². The van der Waals surface area contributed by atoms with Crippen molar-refractivity contribution in [2.24, 2.45) is 5.73 Å². The minimum atomic E-state index is -0.913. The van der Waals surface area contributed by atoms with Crippen molar-refractivity contribution in [3.05, 3.63) is 76.5 Å². The van der Waals surface area contributed by atoms with E-state index in [4.69, 9.17) is 15.2 Å². The van der Waals surface area contributed by atoms with Gasteiger partial charge in [-0.05, 0) is 44.4 Å². The Labute approximate surface area is 204 Å². The molecule has 0 saturated heterocycles. The number of pyridine rings is 1. The minimum Gasteiger partial charge on any atom is -0.354 e. The highest BCUT2D eigenvalue weighted by Gasteiger charge is 2.29. The maximum absolute atomic E-state index is 12.6. The number of hydrogen-bond acceptors (Lipinski definition) is 7. The van der Waals surface area contributed by atoms with E-state index in [-0.39, 0.29) is 11.6 Å². The topological polar surface area (TPSA) is 124 Å². The van der Waals surface area contributed by atoms with E-state index in [0.29, 0.717) is 46.9 Å². The lowest BCUT2D eigenvalue weighted by atomic mass is 9.94. The molecule has 0 radical (unpaired) electrons. The van der Waals surface area contributed by atoms with Crippen LogP contribution in [0.2, 0.25) is 0 Å². The lowest BCUT2D eigenvalue weighted by molar-refractivity contribution is 0.345. The van der Waals surface area contributed by atoms with Gasteiger partial charge in [0.25, 0.3) is 5.56 Å². The maximum Gasteiger partial charge on any atom is 0.251 e. The van der Waals surface area contributed by atoms with Gasteiger partial charge in [-0.3, -0.25) is 14.3 Å². The summed E-state index contributed by atoms with van der Waals surface area (Å²) in [4.78, 5) is 21.9. The van der Waals surface area contributed by atoms with Gasteiger partial charge in [0, 0.05) is 35.5 Å². The molecule has 2 N–H and O–H groups in total. The van der Waals surface area contributed by atoms with Crippen LogP contribution in [0.15, 0.2) is 64.2 Å². The quantitative estimate of drug-likeness (QED) is 0.405. The molecule has 1 aromatic carbocycles. The molecule has 0 unspecified atom stereocenters. The van der Waals surface area contributed by atoms with Gasteiger partial charge in [0.05, 0.1) is 23.7 Å². The Balaban J connectivity index is 1.75. The zero-order chi connectivity index (χ0) is 25.2. The van der Waals surface area contributed by atoms with E-state index in [9.17, 15) is 10.1 Å². The summed E-state index contributed by atoms with van der Waals surface area (Å²) in [5.74, 6) is 0.486. The Kier molecular flexibility index (Phi) is 6.63. The molecule has 35 heavy (non-hydrogen) atoms. The maximum atomic E-state index is 12.6. The minimum absolute atomic E-state index is 0.0884. The molecule has 1 atom stereocenters. The second kappa shape index (κ2) is 9.65. The van der Waals surface area contributed by atoms with Crippen LogP contribution in [0, 0.1) is 18.3 Å². The molecule has 0 amide bonds. The number of nitrogens with two attached hydrogens (primary N) is 1. The largest absolute Gasteiger partial charge is 0.354 e. The molecule has 4 aromatic rings. The first-order valence-corrected chi connectivity index (χ1v) is 11.6. The summed E-state index contributed by atoms with van der Waals surface area (Å²) in [5.41, 5.74) is 9.95. The summed E-state index contributed by atoms with van der Waals surface area (Å²) < 4.78 is 7.15. The van der Waals surface area contributed by atoms with Crippen molar-refractivity contribution in [1.29, 1.82) is 5.26 Å². The van der Waals surface area contributed by atoms with Crippen LogP contribution in [0.4, 0.5) is 0 Å². The predicted molar refractivity (Wildman–Crippen MR) is 134 cm³/mol. The van der Waals surface area contributed by atoms with Crippen molar-refractivity contribution in [3.8, 4) is 40.0 Å². The van der Waals surface area contributed by atoms with Crippen LogP contribution in [0.3, 0.4) is 0 Å². The van der Waals surface area contributed by atoms with Gasteiger partial charge in [-0.25, -0.2) is 4.98 Å². The Morgan fingerprint density at radius 2 is 1.91 bits per heavy atom. The molecule has 3 aromatic heterocycles. The highest BCUT2D eigenvalue weighted by molar-refractivity contribution is 5.68. The zero-order valence-corrected chi connectivity index (χ0v) is 20.3. The number of nitrogens with zero attached hydrogens (tertiary/aromatic N) is 5. The van der Waals surface area contributed by atoms with Gasteiger partial charge in [-0.2, -0.15) is 5.26 Å². The molecule has 0 spiro atoms. The molecule has 0 aliphatic carbocycles. The van der Waals surface area contributed by atoms with E-state index in [1.54, 1.807) is 18.5 Å². The SMILES string of the molecule is CCC(C#N)(CC)n1cc(-c2cnc(C)c(-c3cc(-c4cccc([C@@H](C)N)c4)no3)n2)ccc1=O. The number of benzene rings is 1. The Hall–Kier alpha value is -4.09. The van der Waals surface area contributed by atoms with Crippen molar-refractivity contribution in [2.75, 3.05) is 0 Å². The molecule has 0 aliphatic heterocycles. The summed E-state index contributed by atoms with van der Waals surface area (Å²) in [7, 11) is 0. The number of nitriles is 1. The molecule has 3 heterocycles. The van der Waals surface area contributed by atoms with Crippen molar-refractivity contribution < 1.29 is 4.52 Å². The molecule has 4 rings (SSSR count). The lowest BCUT2D eigenvalue weighted by Crippen LogP contribution is -2.38. The molecule has 0 fully saturated rings. The number of hydrogen-bond donors (Lipinski definition) is 1. The monoisotopic (exact) mass is 468 g/mol. The molecular formula is C27H28N6O2. The summed E-state index contributed by atoms with van der Waals surface area (Å²) in [6.45, 7) is 7.59. The first-order valence-electron chi connectivity index (χ1n) is 11.6. The van der Waals surface area contributed by atoms with E-state index >= 15 is 0 Å². The van der Waals surface area contributed by atoms with Crippen LogP contribution in [-0.4, -0.2) is 19.7 Å². The van der Waals surface area contributed by atoms with E-state index in [0.717, 1.165) is 11.1 Å². The second-order valence-corrected chi connectivity index (χ2v) is 8.66.